The number of nitrogens with zero attached hydrogens (tertiary/aromatic N) is 6. The zero-order valence-electron chi connectivity index (χ0n) is 14.4. The van der Waals surface area contributed by atoms with E-state index in [1.54, 1.807) is 12.4 Å². The molecule has 1 unspecified atom stereocenters. The number of aromatic nitrogens is 5. The van der Waals surface area contributed by atoms with Crippen LogP contribution in [0.2, 0.25) is 0 Å². The molecule has 0 spiro atoms. The first kappa shape index (κ1) is 16.0. The first-order valence-corrected chi connectivity index (χ1v) is 8.74. The molecule has 1 fully saturated rings. The largest absolute Gasteiger partial charge is 0.338 e. The Kier molecular flexibility index (Phi) is 4.56. The van der Waals surface area contributed by atoms with E-state index in [1.165, 1.54) is 24.8 Å². The molecule has 0 bridgehead atoms. The number of hydrogen-bond acceptors (Lipinski definition) is 6. The molecule has 0 N–H and O–H groups in total. The molecule has 3 aromatic heterocycles. The van der Waals surface area contributed by atoms with Crippen molar-refractivity contribution in [3.63, 3.8) is 0 Å². The van der Waals surface area contributed by atoms with Crippen molar-refractivity contribution in [2.24, 2.45) is 0 Å². The quantitative estimate of drug-likeness (QED) is 0.712. The van der Waals surface area contributed by atoms with Crippen molar-refractivity contribution in [3.05, 3.63) is 48.4 Å². The lowest BCUT2D eigenvalue weighted by atomic mass is 10.0. The molecule has 0 saturated carbocycles. The van der Waals surface area contributed by atoms with Gasteiger partial charge in [0.25, 0.3) is 0 Å². The number of aryl methyl sites for hydroxylation is 1. The first-order chi connectivity index (χ1) is 12.3. The molecule has 7 heteroatoms. The third-order valence-corrected chi connectivity index (χ3v) is 4.64. The summed E-state index contributed by atoms with van der Waals surface area (Å²) in [5, 5.41) is 8.52. The van der Waals surface area contributed by atoms with E-state index in [0.717, 1.165) is 18.7 Å². The van der Waals surface area contributed by atoms with E-state index in [1.807, 2.05) is 23.0 Å². The minimum absolute atomic E-state index is 0.446. The fourth-order valence-electron chi connectivity index (χ4n) is 3.36. The lowest BCUT2D eigenvalue weighted by Gasteiger charge is -2.34. The van der Waals surface area contributed by atoms with Crippen LogP contribution in [-0.2, 0) is 13.1 Å². The summed E-state index contributed by atoms with van der Waals surface area (Å²) in [7, 11) is 0. The van der Waals surface area contributed by atoms with Gasteiger partial charge in [0, 0.05) is 30.2 Å². The maximum Gasteiger partial charge on any atom is 0.241 e. The summed E-state index contributed by atoms with van der Waals surface area (Å²) in [5.41, 5.74) is 2.07. The van der Waals surface area contributed by atoms with Gasteiger partial charge in [0.2, 0.25) is 11.7 Å². The second kappa shape index (κ2) is 7.14. The number of pyridine rings is 1. The molecule has 0 aliphatic carbocycles. The Hall–Kier alpha value is -2.54. The number of hydrogen-bond donors (Lipinski definition) is 0. The molecule has 0 radical (unpaired) electrons. The van der Waals surface area contributed by atoms with Gasteiger partial charge in [0.15, 0.2) is 0 Å². The van der Waals surface area contributed by atoms with Crippen molar-refractivity contribution in [3.8, 4) is 11.4 Å². The average molecular weight is 338 g/mol. The highest BCUT2D eigenvalue weighted by atomic mass is 16.5. The monoisotopic (exact) mass is 338 g/mol. The van der Waals surface area contributed by atoms with Gasteiger partial charge in [0.1, 0.15) is 0 Å². The van der Waals surface area contributed by atoms with Crippen molar-refractivity contribution in [2.45, 2.75) is 45.3 Å². The van der Waals surface area contributed by atoms with Crippen LogP contribution in [0.4, 0.5) is 0 Å². The predicted molar refractivity (Wildman–Crippen MR) is 92.5 cm³/mol. The summed E-state index contributed by atoms with van der Waals surface area (Å²) in [6.45, 7) is 4.70. The Morgan fingerprint density at radius 2 is 2.24 bits per heavy atom. The number of piperidine rings is 1. The van der Waals surface area contributed by atoms with Gasteiger partial charge in [-0.05, 0) is 44.0 Å². The summed E-state index contributed by atoms with van der Waals surface area (Å²) >= 11 is 0. The van der Waals surface area contributed by atoms with Crippen molar-refractivity contribution < 1.29 is 4.52 Å². The molecule has 25 heavy (non-hydrogen) atoms. The second-order valence-electron chi connectivity index (χ2n) is 6.61. The van der Waals surface area contributed by atoms with Gasteiger partial charge in [-0.1, -0.05) is 11.6 Å². The molecule has 1 saturated heterocycles. The first-order valence-electron chi connectivity index (χ1n) is 8.74. The van der Waals surface area contributed by atoms with E-state index >= 15 is 0 Å². The second-order valence-corrected chi connectivity index (χ2v) is 6.61. The topological polar surface area (TPSA) is 72.9 Å². The Balaban J connectivity index is 1.45. The van der Waals surface area contributed by atoms with Crippen LogP contribution in [0, 0.1) is 6.92 Å². The summed E-state index contributed by atoms with van der Waals surface area (Å²) in [5.74, 6) is 1.25. The fourth-order valence-corrected chi connectivity index (χ4v) is 3.36. The van der Waals surface area contributed by atoms with Crippen LogP contribution >= 0.6 is 0 Å². The molecule has 1 aliphatic rings. The van der Waals surface area contributed by atoms with Gasteiger partial charge in [-0.15, -0.1) is 0 Å². The van der Waals surface area contributed by atoms with Crippen LogP contribution in [0.5, 0.6) is 0 Å². The molecule has 3 aromatic rings. The van der Waals surface area contributed by atoms with E-state index in [2.05, 4.69) is 38.2 Å². The van der Waals surface area contributed by atoms with Gasteiger partial charge in [-0.3, -0.25) is 14.6 Å². The lowest BCUT2D eigenvalue weighted by molar-refractivity contribution is 0.108. The summed E-state index contributed by atoms with van der Waals surface area (Å²) in [4.78, 5) is 11.1. The van der Waals surface area contributed by atoms with Crippen LogP contribution in [0.3, 0.4) is 0 Å². The highest BCUT2D eigenvalue weighted by molar-refractivity contribution is 5.51. The Labute approximate surface area is 146 Å². The molecule has 4 rings (SSSR count). The Morgan fingerprint density at radius 3 is 3.04 bits per heavy atom. The summed E-state index contributed by atoms with van der Waals surface area (Å²) in [6.07, 6.45) is 11.1. The van der Waals surface area contributed by atoms with Crippen LogP contribution in [0.15, 0.2) is 41.4 Å². The standard InChI is InChI=1S/C18H22N6O/c1-14-9-20-24(11-14)12-16-6-2-3-8-23(16)13-17-21-18(22-25-17)15-5-4-7-19-10-15/h4-5,7,9-11,16H,2-3,6,8,12-13H2,1H3. The van der Waals surface area contributed by atoms with Gasteiger partial charge >= 0.3 is 0 Å². The SMILES string of the molecule is Cc1cnn(CC2CCCCN2Cc2nc(-c3cccnc3)no2)c1. The van der Waals surface area contributed by atoms with E-state index in [0.29, 0.717) is 24.3 Å². The van der Waals surface area contributed by atoms with Crippen LogP contribution in [0.25, 0.3) is 11.4 Å². The van der Waals surface area contributed by atoms with E-state index in [9.17, 15) is 0 Å². The molecule has 130 valence electrons. The van der Waals surface area contributed by atoms with Gasteiger partial charge in [-0.2, -0.15) is 10.1 Å². The summed E-state index contributed by atoms with van der Waals surface area (Å²) in [6, 6.07) is 4.26. The maximum atomic E-state index is 5.47. The fraction of sp³-hybridized carbons (Fsp3) is 0.444. The average Bonchev–Trinajstić information content (AvgIpc) is 3.27. The smallest absolute Gasteiger partial charge is 0.241 e. The molecular weight excluding hydrogens is 316 g/mol. The third-order valence-electron chi connectivity index (χ3n) is 4.64. The number of likely N-dealkylation sites (tertiary alicyclic amines) is 1. The molecular formula is C18H22N6O. The van der Waals surface area contributed by atoms with Crippen LogP contribution < -0.4 is 0 Å². The van der Waals surface area contributed by atoms with Crippen molar-refractivity contribution in [1.29, 1.82) is 0 Å². The Bertz CT molecular complexity index is 812. The Morgan fingerprint density at radius 1 is 1.28 bits per heavy atom. The predicted octanol–water partition coefficient (Wildman–Crippen LogP) is 2.69. The van der Waals surface area contributed by atoms with Crippen LogP contribution in [0.1, 0.15) is 30.7 Å². The highest BCUT2D eigenvalue weighted by Crippen LogP contribution is 2.22. The van der Waals surface area contributed by atoms with Gasteiger partial charge < -0.3 is 4.52 Å². The zero-order valence-corrected chi connectivity index (χ0v) is 14.4. The van der Waals surface area contributed by atoms with Crippen LogP contribution in [-0.4, -0.2) is 42.4 Å². The molecule has 0 amide bonds. The molecule has 7 nitrogen and oxygen atoms in total. The minimum Gasteiger partial charge on any atom is -0.338 e. The van der Waals surface area contributed by atoms with Crippen molar-refractivity contribution in [1.82, 2.24) is 29.8 Å². The molecule has 1 aliphatic heterocycles. The summed E-state index contributed by atoms with van der Waals surface area (Å²) < 4.78 is 7.51. The van der Waals surface area contributed by atoms with E-state index in [4.69, 9.17) is 4.52 Å². The van der Waals surface area contributed by atoms with Gasteiger partial charge in [0.05, 0.1) is 19.3 Å². The number of rotatable bonds is 5. The van der Waals surface area contributed by atoms with E-state index < -0.39 is 0 Å². The van der Waals surface area contributed by atoms with Crippen molar-refractivity contribution in [2.75, 3.05) is 6.54 Å². The van der Waals surface area contributed by atoms with E-state index in [-0.39, 0.29) is 0 Å². The highest BCUT2D eigenvalue weighted by Gasteiger charge is 2.25. The van der Waals surface area contributed by atoms with Gasteiger partial charge in [-0.25, -0.2) is 0 Å². The molecule has 0 aromatic carbocycles. The maximum absolute atomic E-state index is 5.47. The molecule has 1 atom stereocenters. The lowest BCUT2D eigenvalue weighted by Crippen LogP contribution is -2.41. The van der Waals surface area contributed by atoms with Crippen molar-refractivity contribution >= 4 is 0 Å². The zero-order chi connectivity index (χ0) is 17.1. The minimum atomic E-state index is 0.446. The third kappa shape index (κ3) is 3.76. The molecule has 4 heterocycles. The normalized spacial score (nSPS) is 18.5.